The van der Waals surface area contributed by atoms with Crippen molar-refractivity contribution in [1.82, 2.24) is 5.32 Å². The number of ether oxygens (including phenoxy) is 1. The van der Waals surface area contributed by atoms with E-state index < -0.39 is 0 Å². The van der Waals surface area contributed by atoms with Crippen molar-refractivity contribution in [3.8, 4) is 0 Å². The minimum absolute atomic E-state index is 0.0670. The summed E-state index contributed by atoms with van der Waals surface area (Å²) in [5.41, 5.74) is 1.40. The molecule has 1 aliphatic rings. The molecule has 1 aliphatic heterocycles. The predicted octanol–water partition coefficient (Wildman–Crippen LogP) is -0.807. The van der Waals surface area contributed by atoms with Crippen molar-refractivity contribution in [3.05, 3.63) is 48.0 Å². The molecule has 0 atom stereocenters. The van der Waals surface area contributed by atoms with Gasteiger partial charge in [-0.3, -0.25) is 9.59 Å². The van der Waals surface area contributed by atoms with Crippen molar-refractivity contribution < 1.29 is 24.1 Å². The van der Waals surface area contributed by atoms with E-state index >= 15 is 0 Å². The summed E-state index contributed by atoms with van der Waals surface area (Å²) in [7, 11) is 1.38. The molecular formula is C22H31N3O3+2. The molecule has 1 fully saturated rings. The third-order valence-corrected chi connectivity index (χ3v) is 5.50. The number of piperazine rings is 1. The van der Waals surface area contributed by atoms with Crippen LogP contribution < -0.4 is 15.1 Å². The standard InChI is InChI=1S/C22H29N3O3/c1-28-22(27)10-5-11-23-21(26)17-25-14-12-24(13-15-25)16-19-8-4-7-18-6-2-3-9-20(18)19/h2-4,6-9H,5,10-17H2,1H3,(H,23,26)/p+2. The van der Waals surface area contributed by atoms with E-state index in [2.05, 4.69) is 52.5 Å². The van der Waals surface area contributed by atoms with Gasteiger partial charge in [-0.05, 0) is 17.2 Å². The number of quaternary nitrogens is 2. The van der Waals surface area contributed by atoms with Crippen LogP contribution >= 0.6 is 0 Å². The molecule has 150 valence electrons. The largest absolute Gasteiger partial charge is 0.469 e. The maximum atomic E-state index is 12.1. The van der Waals surface area contributed by atoms with Gasteiger partial charge in [-0.25, -0.2) is 0 Å². The van der Waals surface area contributed by atoms with E-state index in [0.29, 0.717) is 25.9 Å². The van der Waals surface area contributed by atoms with Crippen molar-refractivity contribution >= 4 is 22.6 Å². The van der Waals surface area contributed by atoms with Crippen LogP contribution in [0.3, 0.4) is 0 Å². The number of esters is 1. The van der Waals surface area contributed by atoms with Gasteiger partial charge < -0.3 is 19.9 Å². The van der Waals surface area contributed by atoms with Gasteiger partial charge in [-0.1, -0.05) is 42.5 Å². The lowest BCUT2D eigenvalue weighted by molar-refractivity contribution is -1.02. The Hall–Kier alpha value is -2.44. The number of fused-ring (bicyclic) bond motifs is 1. The Bertz CT molecular complexity index is 795. The normalized spacial score (nSPS) is 19.3. The number of hydrogen-bond donors (Lipinski definition) is 3. The summed E-state index contributed by atoms with van der Waals surface area (Å²) in [4.78, 5) is 26.1. The molecule has 0 aromatic heterocycles. The molecule has 1 amide bonds. The number of amides is 1. The second kappa shape index (κ2) is 10.2. The van der Waals surface area contributed by atoms with E-state index in [4.69, 9.17) is 0 Å². The highest BCUT2D eigenvalue weighted by atomic mass is 16.5. The molecule has 3 N–H and O–H groups in total. The van der Waals surface area contributed by atoms with Crippen LogP contribution in [0.5, 0.6) is 0 Å². The van der Waals surface area contributed by atoms with Gasteiger partial charge in [0, 0.05) is 18.5 Å². The van der Waals surface area contributed by atoms with E-state index in [0.717, 1.165) is 32.7 Å². The maximum Gasteiger partial charge on any atom is 0.305 e. The van der Waals surface area contributed by atoms with Crippen LogP contribution in [0.2, 0.25) is 0 Å². The number of carbonyl (C=O) groups is 2. The highest BCUT2D eigenvalue weighted by Crippen LogP contribution is 2.17. The van der Waals surface area contributed by atoms with Gasteiger partial charge in [0.15, 0.2) is 6.54 Å². The summed E-state index contributed by atoms with van der Waals surface area (Å²) < 4.78 is 4.60. The first-order valence-electron chi connectivity index (χ1n) is 10.1. The molecule has 1 saturated heterocycles. The highest BCUT2D eigenvalue weighted by molar-refractivity contribution is 5.85. The third kappa shape index (κ3) is 5.78. The Morgan fingerprint density at radius 2 is 1.71 bits per heavy atom. The first kappa shape index (κ1) is 20.3. The molecule has 0 spiro atoms. The highest BCUT2D eigenvalue weighted by Gasteiger charge is 2.25. The van der Waals surface area contributed by atoms with Crippen LogP contribution in [-0.4, -0.2) is 58.3 Å². The lowest BCUT2D eigenvalue weighted by atomic mass is 10.0. The van der Waals surface area contributed by atoms with Crippen LogP contribution in [0.15, 0.2) is 42.5 Å². The molecule has 0 radical (unpaired) electrons. The fraction of sp³-hybridized carbons (Fsp3) is 0.455. The molecule has 2 aromatic rings. The lowest BCUT2D eigenvalue weighted by Crippen LogP contribution is -3.28. The average molecular weight is 386 g/mol. The van der Waals surface area contributed by atoms with Gasteiger partial charge in [-0.15, -0.1) is 0 Å². The minimum atomic E-state index is -0.231. The SMILES string of the molecule is COC(=O)CCCNC(=O)C[NH+]1CC[NH+](Cc2cccc3ccccc23)CC1. The van der Waals surface area contributed by atoms with Gasteiger partial charge in [0.05, 0.1) is 7.11 Å². The Morgan fingerprint density at radius 3 is 2.50 bits per heavy atom. The van der Waals surface area contributed by atoms with Crippen molar-refractivity contribution in [2.24, 2.45) is 0 Å². The first-order valence-corrected chi connectivity index (χ1v) is 10.1. The zero-order valence-electron chi connectivity index (χ0n) is 16.6. The van der Waals surface area contributed by atoms with Crippen molar-refractivity contribution in [2.45, 2.75) is 19.4 Å². The quantitative estimate of drug-likeness (QED) is 0.412. The number of benzene rings is 2. The number of rotatable bonds is 8. The van der Waals surface area contributed by atoms with E-state index in [1.54, 1.807) is 4.90 Å². The second-order valence-corrected chi connectivity index (χ2v) is 7.52. The Balaban J connectivity index is 1.39. The molecule has 28 heavy (non-hydrogen) atoms. The van der Waals surface area contributed by atoms with Gasteiger partial charge in [0.25, 0.3) is 5.91 Å². The van der Waals surface area contributed by atoms with E-state index in [-0.39, 0.29) is 11.9 Å². The monoisotopic (exact) mass is 385 g/mol. The predicted molar refractivity (Wildman–Crippen MR) is 108 cm³/mol. The molecule has 0 bridgehead atoms. The van der Waals surface area contributed by atoms with Crippen molar-refractivity contribution in [3.63, 3.8) is 0 Å². The Kier molecular flexibility index (Phi) is 7.39. The van der Waals surface area contributed by atoms with Gasteiger partial charge in [-0.2, -0.15) is 0 Å². The second-order valence-electron chi connectivity index (χ2n) is 7.52. The van der Waals surface area contributed by atoms with Gasteiger partial charge in [0.1, 0.15) is 32.7 Å². The van der Waals surface area contributed by atoms with Gasteiger partial charge >= 0.3 is 5.97 Å². The zero-order chi connectivity index (χ0) is 19.8. The summed E-state index contributed by atoms with van der Waals surface area (Å²) in [5.74, 6) is -0.164. The topological polar surface area (TPSA) is 64.3 Å². The lowest BCUT2D eigenvalue weighted by Gasteiger charge is -2.29. The summed E-state index contributed by atoms with van der Waals surface area (Å²) in [6.07, 6.45) is 0.969. The molecule has 3 rings (SSSR count). The van der Waals surface area contributed by atoms with Crippen LogP contribution in [0.1, 0.15) is 18.4 Å². The van der Waals surface area contributed by atoms with Crippen LogP contribution in [0.25, 0.3) is 10.8 Å². The number of nitrogens with one attached hydrogen (secondary N) is 3. The Labute approximate surface area is 166 Å². The summed E-state index contributed by atoms with van der Waals surface area (Å²) >= 11 is 0. The maximum absolute atomic E-state index is 12.1. The first-order chi connectivity index (χ1) is 13.7. The fourth-order valence-corrected chi connectivity index (χ4v) is 3.88. The minimum Gasteiger partial charge on any atom is -0.469 e. The van der Waals surface area contributed by atoms with Crippen LogP contribution in [0, 0.1) is 0 Å². The number of hydrogen-bond acceptors (Lipinski definition) is 3. The van der Waals surface area contributed by atoms with E-state index in [9.17, 15) is 9.59 Å². The van der Waals surface area contributed by atoms with Crippen LogP contribution in [0.4, 0.5) is 0 Å². The molecule has 0 aliphatic carbocycles. The van der Waals surface area contributed by atoms with E-state index in [1.165, 1.54) is 28.3 Å². The molecule has 0 saturated carbocycles. The third-order valence-electron chi connectivity index (χ3n) is 5.50. The smallest absolute Gasteiger partial charge is 0.305 e. The van der Waals surface area contributed by atoms with Gasteiger partial charge in [0.2, 0.25) is 0 Å². The summed E-state index contributed by atoms with van der Waals surface area (Å²) in [6.45, 7) is 6.25. The molecule has 0 unspecified atom stereocenters. The molecule has 6 nitrogen and oxygen atoms in total. The zero-order valence-corrected chi connectivity index (χ0v) is 16.6. The van der Waals surface area contributed by atoms with Crippen LogP contribution in [-0.2, 0) is 20.9 Å². The molecule has 1 heterocycles. The average Bonchev–Trinajstić information content (AvgIpc) is 2.72. The van der Waals surface area contributed by atoms with Crippen molar-refractivity contribution in [2.75, 3.05) is 46.4 Å². The summed E-state index contributed by atoms with van der Waals surface area (Å²) in [5, 5.41) is 5.55. The molecule has 6 heteroatoms. The molecule has 2 aromatic carbocycles. The van der Waals surface area contributed by atoms with Crippen molar-refractivity contribution in [1.29, 1.82) is 0 Å². The fourth-order valence-electron chi connectivity index (χ4n) is 3.88. The number of methoxy groups -OCH3 is 1. The molecular weight excluding hydrogens is 354 g/mol. The van der Waals surface area contributed by atoms with E-state index in [1.807, 2.05) is 0 Å². The number of carbonyl (C=O) groups excluding carboxylic acids is 2. The Morgan fingerprint density at radius 1 is 1.00 bits per heavy atom. The summed E-state index contributed by atoms with van der Waals surface area (Å²) in [6, 6.07) is 15.1.